The maximum Gasteiger partial charge on any atom is 0.309 e. The largest absolute Gasteiger partial charge is 0.460 e. The van der Waals surface area contributed by atoms with Crippen molar-refractivity contribution in [3.63, 3.8) is 0 Å². The lowest BCUT2D eigenvalue weighted by Crippen LogP contribution is -2.32. The van der Waals surface area contributed by atoms with Gasteiger partial charge in [-0.25, -0.2) is 13.8 Å². The van der Waals surface area contributed by atoms with E-state index in [1.165, 1.54) is 6.07 Å². The highest BCUT2D eigenvalue weighted by Crippen LogP contribution is 2.41. The number of hydrogen-bond donors (Lipinski definition) is 1. The lowest BCUT2D eigenvalue weighted by atomic mass is 9.85. The van der Waals surface area contributed by atoms with Crippen LogP contribution in [0, 0.1) is 11.6 Å². The zero-order chi connectivity index (χ0) is 25.2. The van der Waals surface area contributed by atoms with Gasteiger partial charge in [0.25, 0.3) is 5.56 Å². The maximum absolute atomic E-state index is 14.3. The molecule has 0 spiro atoms. The molecule has 1 unspecified atom stereocenters. The Morgan fingerprint density at radius 2 is 1.94 bits per heavy atom. The highest BCUT2D eigenvalue weighted by Gasteiger charge is 2.40. The van der Waals surface area contributed by atoms with Gasteiger partial charge in [-0.05, 0) is 36.1 Å². The molecule has 7 nitrogen and oxygen atoms in total. The monoisotopic (exact) mass is 493 g/mol. The summed E-state index contributed by atoms with van der Waals surface area (Å²) in [5.41, 5.74) is 1.56. The second kappa shape index (κ2) is 8.31. The number of fused-ring (bicyclic) bond motifs is 5. The Labute approximate surface area is 205 Å². The van der Waals surface area contributed by atoms with Crippen molar-refractivity contribution in [3.05, 3.63) is 74.6 Å². The van der Waals surface area contributed by atoms with Crippen molar-refractivity contribution in [2.45, 2.75) is 51.5 Å². The molecular weight excluding hydrogens is 468 g/mol. The molecule has 0 fully saturated rings. The van der Waals surface area contributed by atoms with E-state index < -0.39 is 23.2 Å². The highest BCUT2D eigenvalue weighted by atomic mass is 19.2. The van der Waals surface area contributed by atoms with Crippen LogP contribution in [-0.4, -0.2) is 38.6 Å². The van der Waals surface area contributed by atoms with Gasteiger partial charge in [-0.2, -0.15) is 0 Å². The number of aromatic nitrogens is 2. The second-order valence-electron chi connectivity index (χ2n) is 9.73. The number of nitrogens with zero attached hydrogens (tertiary/aromatic N) is 3. The zero-order valence-corrected chi connectivity index (χ0v) is 19.8. The number of rotatable bonds is 3. The molecule has 3 aromatic rings. The minimum absolute atomic E-state index is 0.205. The van der Waals surface area contributed by atoms with Crippen LogP contribution in [0.5, 0.6) is 0 Å². The Hall–Kier alpha value is -3.43. The summed E-state index contributed by atoms with van der Waals surface area (Å²) in [6.45, 7) is 3.79. The predicted molar refractivity (Wildman–Crippen MR) is 128 cm³/mol. The van der Waals surface area contributed by atoms with Crippen LogP contribution < -0.4 is 5.56 Å². The van der Waals surface area contributed by atoms with Gasteiger partial charge in [-0.15, -0.1) is 0 Å². The third-order valence-electron chi connectivity index (χ3n) is 7.63. The number of esters is 1. The standard InChI is InChI=1S/C27H25F2N3O4/c1-2-27(35)11-24(33)36-14-18-19(27)9-23-25-17(13-32(23)26(18)34)16(12-31-6-4-3-5-7-31)15-8-20(28)21(29)10-22(15)30-25/h3-4,8-10,35H,2,5-7,11-14H2,1H3. The minimum atomic E-state index is -1.55. The third kappa shape index (κ3) is 3.49. The predicted octanol–water partition coefficient (Wildman–Crippen LogP) is 3.51. The van der Waals surface area contributed by atoms with Gasteiger partial charge in [0.1, 0.15) is 12.2 Å². The first-order valence-electron chi connectivity index (χ1n) is 12.1. The van der Waals surface area contributed by atoms with Crippen molar-refractivity contribution >= 4 is 16.9 Å². The third-order valence-corrected chi connectivity index (χ3v) is 7.63. The average Bonchev–Trinajstić information content (AvgIpc) is 3.17. The molecule has 186 valence electrons. The number of carbonyl (C=O) groups excluding carboxylic acids is 1. The van der Waals surface area contributed by atoms with Crippen LogP contribution in [0.2, 0.25) is 0 Å². The fraction of sp³-hybridized carbons (Fsp3) is 0.370. The number of halogens is 2. The molecule has 0 bridgehead atoms. The van der Waals surface area contributed by atoms with Gasteiger partial charge in [-0.3, -0.25) is 14.5 Å². The SMILES string of the molecule is CCC1(O)CC(=O)OCc2c1cc1n(c2=O)Cc2c-1nc1cc(F)c(F)cc1c2CN1CC=CCC1. The van der Waals surface area contributed by atoms with Crippen LogP contribution in [0.4, 0.5) is 8.78 Å². The van der Waals surface area contributed by atoms with Gasteiger partial charge in [-0.1, -0.05) is 19.1 Å². The smallest absolute Gasteiger partial charge is 0.309 e. The highest BCUT2D eigenvalue weighted by molar-refractivity contribution is 5.88. The Morgan fingerprint density at radius 3 is 2.69 bits per heavy atom. The number of ether oxygens (including phenoxy) is 1. The van der Waals surface area contributed by atoms with Crippen LogP contribution in [0.15, 0.2) is 35.1 Å². The molecule has 0 aliphatic carbocycles. The van der Waals surface area contributed by atoms with E-state index in [4.69, 9.17) is 4.74 Å². The van der Waals surface area contributed by atoms with Gasteiger partial charge < -0.3 is 14.4 Å². The average molecular weight is 494 g/mol. The summed E-state index contributed by atoms with van der Waals surface area (Å²) < 4.78 is 35.4. The van der Waals surface area contributed by atoms with Crippen LogP contribution in [0.1, 0.15) is 48.4 Å². The number of aliphatic hydroxyl groups is 1. The fourth-order valence-corrected chi connectivity index (χ4v) is 5.59. The number of cyclic esters (lactones) is 1. The van der Waals surface area contributed by atoms with E-state index >= 15 is 0 Å². The lowest BCUT2D eigenvalue weighted by Gasteiger charge is -2.26. The van der Waals surface area contributed by atoms with Crippen molar-refractivity contribution in [3.8, 4) is 11.4 Å². The second-order valence-corrected chi connectivity index (χ2v) is 9.73. The van der Waals surface area contributed by atoms with Crippen molar-refractivity contribution in [2.24, 2.45) is 0 Å². The van der Waals surface area contributed by atoms with E-state index in [9.17, 15) is 23.5 Å². The molecule has 6 rings (SSSR count). The zero-order valence-electron chi connectivity index (χ0n) is 19.8. The van der Waals surface area contributed by atoms with Gasteiger partial charge in [0.15, 0.2) is 11.6 Å². The van der Waals surface area contributed by atoms with Gasteiger partial charge in [0.2, 0.25) is 0 Å². The first kappa shape index (κ1) is 23.0. The van der Waals surface area contributed by atoms with Gasteiger partial charge >= 0.3 is 5.97 Å². The molecule has 2 aromatic heterocycles. The van der Waals surface area contributed by atoms with E-state index in [2.05, 4.69) is 22.0 Å². The van der Waals surface area contributed by atoms with Gasteiger partial charge in [0.05, 0.1) is 35.4 Å². The Bertz CT molecular complexity index is 1530. The van der Waals surface area contributed by atoms with E-state index in [1.807, 2.05) is 0 Å². The van der Waals surface area contributed by atoms with E-state index in [0.29, 0.717) is 34.4 Å². The van der Waals surface area contributed by atoms with Crippen LogP contribution in [0.25, 0.3) is 22.3 Å². The number of benzene rings is 1. The Balaban J connectivity index is 1.59. The molecule has 3 aliphatic rings. The van der Waals surface area contributed by atoms with Crippen molar-refractivity contribution in [1.82, 2.24) is 14.5 Å². The van der Waals surface area contributed by atoms with Crippen LogP contribution in [0.3, 0.4) is 0 Å². The number of hydrogen-bond acceptors (Lipinski definition) is 6. The summed E-state index contributed by atoms with van der Waals surface area (Å²) in [7, 11) is 0. The molecule has 5 heterocycles. The quantitative estimate of drug-likeness (QED) is 0.347. The fourth-order valence-electron chi connectivity index (χ4n) is 5.59. The normalized spacial score (nSPS) is 21.2. The topological polar surface area (TPSA) is 84.7 Å². The molecule has 0 saturated heterocycles. The van der Waals surface area contributed by atoms with Crippen LogP contribution >= 0.6 is 0 Å². The van der Waals surface area contributed by atoms with E-state index in [-0.39, 0.29) is 37.1 Å². The van der Waals surface area contributed by atoms with Gasteiger partial charge in [0, 0.05) is 36.7 Å². The first-order chi connectivity index (χ1) is 17.3. The number of pyridine rings is 2. The maximum atomic E-state index is 14.3. The number of carbonyl (C=O) groups is 1. The van der Waals surface area contributed by atoms with E-state index in [1.54, 1.807) is 17.6 Å². The summed E-state index contributed by atoms with van der Waals surface area (Å²) in [6.07, 6.45) is 5.06. The molecule has 36 heavy (non-hydrogen) atoms. The van der Waals surface area contributed by atoms with Crippen molar-refractivity contribution in [2.75, 3.05) is 13.1 Å². The molecule has 9 heteroatoms. The Morgan fingerprint density at radius 1 is 1.14 bits per heavy atom. The molecule has 0 amide bonds. The molecule has 0 radical (unpaired) electrons. The Kier molecular flexibility index (Phi) is 5.31. The molecule has 1 N–H and O–H groups in total. The molecular formula is C27H25F2N3O4. The molecule has 0 saturated carbocycles. The minimum Gasteiger partial charge on any atom is -0.460 e. The summed E-state index contributed by atoms with van der Waals surface area (Å²) in [4.78, 5) is 32.7. The van der Waals surface area contributed by atoms with E-state index in [0.717, 1.165) is 36.7 Å². The van der Waals surface area contributed by atoms with Crippen molar-refractivity contribution < 1.29 is 23.4 Å². The first-order valence-corrected chi connectivity index (χ1v) is 12.1. The summed E-state index contributed by atoms with van der Waals surface area (Å²) >= 11 is 0. The summed E-state index contributed by atoms with van der Waals surface area (Å²) in [5, 5.41) is 11.8. The molecule has 3 aliphatic heterocycles. The van der Waals surface area contributed by atoms with Crippen LogP contribution in [-0.2, 0) is 34.8 Å². The summed E-state index contributed by atoms with van der Waals surface area (Å²) in [6, 6.07) is 3.98. The molecule has 1 atom stereocenters. The summed E-state index contributed by atoms with van der Waals surface area (Å²) in [5.74, 6) is -2.51. The lowest BCUT2D eigenvalue weighted by molar-refractivity contribution is -0.149. The molecule has 1 aromatic carbocycles. The van der Waals surface area contributed by atoms with Crippen molar-refractivity contribution in [1.29, 1.82) is 0 Å².